The number of aromatic amines is 1. The van der Waals surface area contributed by atoms with Gasteiger partial charge in [-0.3, -0.25) is 5.10 Å². The Kier molecular flexibility index (Phi) is 4.35. The van der Waals surface area contributed by atoms with Gasteiger partial charge in [-0.25, -0.2) is 4.98 Å². The minimum atomic E-state index is -0.497. The summed E-state index contributed by atoms with van der Waals surface area (Å²) in [5, 5.41) is 16.6. The summed E-state index contributed by atoms with van der Waals surface area (Å²) < 4.78 is 10.5. The van der Waals surface area contributed by atoms with Crippen molar-refractivity contribution in [3.8, 4) is 28.6 Å². The van der Waals surface area contributed by atoms with Crippen molar-refractivity contribution in [3.05, 3.63) is 53.9 Å². The fraction of sp³-hybridized carbons (Fsp3) is 0.176. The molecule has 4 N–H and O–H groups in total. The summed E-state index contributed by atoms with van der Waals surface area (Å²) in [6, 6.07) is 11.7. The zero-order valence-corrected chi connectivity index (χ0v) is 13.4. The van der Waals surface area contributed by atoms with Gasteiger partial charge in [0, 0.05) is 5.56 Å². The SMILES string of the molecule is COc1ccc([C@H](N)c2nc(-c3cccc(O)c3)n[nH]2)cc1OC. The summed E-state index contributed by atoms with van der Waals surface area (Å²) in [5.74, 6) is 2.37. The first-order chi connectivity index (χ1) is 11.6. The van der Waals surface area contributed by atoms with Gasteiger partial charge in [0.05, 0.1) is 20.3 Å². The van der Waals surface area contributed by atoms with Crippen LogP contribution in [-0.2, 0) is 0 Å². The van der Waals surface area contributed by atoms with Gasteiger partial charge in [-0.2, -0.15) is 5.10 Å². The van der Waals surface area contributed by atoms with Crippen LogP contribution in [0.15, 0.2) is 42.5 Å². The summed E-state index contributed by atoms with van der Waals surface area (Å²) in [6.07, 6.45) is 0. The summed E-state index contributed by atoms with van der Waals surface area (Å²) in [6.45, 7) is 0. The molecule has 0 unspecified atom stereocenters. The van der Waals surface area contributed by atoms with Gasteiger partial charge in [0.2, 0.25) is 0 Å². The lowest BCUT2D eigenvalue weighted by atomic mass is 10.1. The molecule has 1 aromatic heterocycles. The van der Waals surface area contributed by atoms with Crippen molar-refractivity contribution in [1.82, 2.24) is 15.2 Å². The average Bonchev–Trinajstić information content (AvgIpc) is 3.10. The Hall–Kier alpha value is -3.06. The maximum Gasteiger partial charge on any atom is 0.181 e. The van der Waals surface area contributed by atoms with E-state index in [2.05, 4.69) is 15.2 Å². The van der Waals surface area contributed by atoms with E-state index in [0.29, 0.717) is 28.7 Å². The van der Waals surface area contributed by atoms with Crippen molar-refractivity contribution in [2.45, 2.75) is 6.04 Å². The number of H-pyrrole nitrogens is 1. The van der Waals surface area contributed by atoms with E-state index in [1.807, 2.05) is 12.1 Å². The molecule has 0 fully saturated rings. The highest BCUT2D eigenvalue weighted by Crippen LogP contribution is 2.31. The number of aromatic nitrogens is 3. The van der Waals surface area contributed by atoms with Crippen LogP contribution in [0.5, 0.6) is 17.2 Å². The Balaban J connectivity index is 1.90. The first-order valence-electron chi connectivity index (χ1n) is 7.31. The molecule has 7 nitrogen and oxygen atoms in total. The van der Waals surface area contributed by atoms with Gasteiger partial charge in [-0.15, -0.1) is 0 Å². The van der Waals surface area contributed by atoms with E-state index < -0.39 is 6.04 Å². The smallest absolute Gasteiger partial charge is 0.181 e. The number of nitrogens with zero attached hydrogens (tertiary/aromatic N) is 2. The highest BCUT2D eigenvalue weighted by molar-refractivity contribution is 5.57. The number of hydrogen-bond donors (Lipinski definition) is 3. The van der Waals surface area contributed by atoms with Gasteiger partial charge >= 0.3 is 0 Å². The number of ether oxygens (including phenoxy) is 2. The standard InChI is InChI=1S/C17H18N4O3/c1-23-13-7-6-10(9-14(13)24-2)15(18)17-19-16(20-21-17)11-4-3-5-12(22)8-11/h3-9,15,22H,18H2,1-2H3,(H,19,20,21)/t15-/m0/s1. The van der Waals surface area contributed by atoms with Crippen LogP contribution in [0.4, 0.5) is 0 Å². The molecule has 3 rings (SSSR count). The second-order valence-electron chi connectivity index (χ2n) is 5.19. The molecule has 3 aromatic rings. The number of hydrogen-bond acceptors (Lipinski definition) is 6. The normalized spacial score (nSPS) is 12.0. The molecule has 24 heavy (non-hydrogen) atoms. The lowest BCUT2D eigenvalue weighted by Gasteiger charge is -2.13. The lowest BCUT2D eigenvalue weighted by Crippen LogP contribution is -2.14. The molecule has 0 radical (unpaired) electrons. The number of nitrogens with one attached hydrogen (secondary N) is 1. The molecule has 0 aliphatic rings. The van der Waals surface area contributed by atoms with E-state index in [4.69, 9.17) is 15.2 Å². The van der Waals surface area contributed by atoms with Crippen LogP contribution in [0.3, 0.4) is 0 Å². The Labute approximate surface area is 139 Å². The molecule has 1 heterocycles. The quantitative estimate of drug-likeness (QED) is 0.664. The number of phenols is 1. The van der Waals surface area contributed by atoms with Crippen LogP contribution in [-0.4, -0.2) is 34.5 Å². The number of aromatic hydroxyl groups is 1. The van der Waals surface area contributed by atoms with Crippen LogP contribution >= 0.6 is 0 Å². The van der Waals surface area contributed by atoms with Gasteiger partial charge < -0.3 is 20.3 Å². The van der Waals surface area contributed by atoms with Crippen molar-refractivity contribution in [2.75, 3.05) is 14.2 Å². The van der Waals surface area contributed by atoms with Crippen molar-refractivity contribution >= 4 is 0 Å². The third kappa shape index (κ3) is 3.02. The van der Waals surface area contributed by atoms with E-state index in [0.717, 1.165) is 5.56 Å². The lowest BCUT2D eigenvalue weighted by molar-refractivity contribution is 0.354. The molecular formula is C17H18N4O3. The first kappa shape index (κ1) is 15.8. The van der Waals surface area contributed by atoms with Crippen LogP contribution < -0.4 is 15.2 Å². The Morgan fingerprint density at radius 3 is 2.58 bits per heavy atom. The fourth-order valence-electron chi connectivity index (χ4n) is 2.39. The van der Waals surface area contributed by atoms with Gasteiger partial charge in [0.1, 0.15) is 11.6 Å². The predicted molar refractivity (Wildman–Crippen MR) is 89.1 cm³/mol. The molecule has 0 bridgehead atoms. The molecule has 0 spiro atoms. The minimum absolute atomic E-state index is 0.156. The molecule has 2 aromatic carbocycles. The van der Waals surface area contributed by atoms with Gasteiger partial charge in [0.25, 0.3) is 0 Å². The van der Waals surface area contributed by atoms with E-state index in [1.54, 1.807) is 44.6 Å². The second-order valence-corrected chi connectivity index (χ2v) is 5.19. The van der Waals surface area contributed by atoms with Crippen LogP contribution in [0, 0.1) is 0 Å². The number of rotatable bonds is 5. The minimum Gasteiger partial charge on any atom is -0.508 e. The molecular weight excluding hydrogens is 308 g/mol. The van der Waals surface area contributed by atoms with Gasteiger partial charge in [-0.05, 0) is 29.8 Å². The van der Waals surface area contributed by atoms with Crippen LogP contribution in [0.1, 0.15) is 17.4 Å². The monoisotopic (exact) mass is 326 g/mol. The molecule has 124 valence electrons. The Morgan fingerprint density at radius 1 is 1.08 bits per heavy atom. The fourth-order valence-corrected chi connectivity index (χ4v) is 2.39. The maximum atomic E-state index is 9.56. The molecule has 0 amide bonds. The van der Waals surface area contributed by atoms with Gasteiger partial charge in [-0.1, -0.05) is 18.2 Å². The molecule has 0 aliphatic heterocycles. The number of methoxy groups -OCH3 is 2. The number of nitrogens with two attached hydrogens (primary N) is 1. The molecule has 7 heteroatoms. The van der Waals surface area contributed by atoms with Crippen molar-refractivity contribution in [2.24, 2.45) is 5.73 Å². The van der Waals surface area contributed by atoms with E-state index in [9.17, 15) is 5.11 Å². The molecule has 1 atom stereocenters. The van der Waals surface area contributed by atoms with Crippen molar-refractivity contribution in [3.63, 3.8) is 0 Å². The highest BCUT2D eigenvalue weighted by Gasteiger charge is 2.17. The number of phenolic OH excluding ortho intramolecular Hbond substituents is 1. The summed E-state index contributed by atoms with van der Waals surface area (Å²) >= 11 is 0. The molecule has 0 saturated heterocycles. The third-order valence-electron chi connectivity index (χ3n) is 3.67. The highest BCUT2D eigenvalue weighted by atomic mass is 16.5. The second kappa shape index (κ2) is 6.59. The van der Waals surface area contributed by atoms with Crippen molar-refractivity contribution < 1.29 is 14.6 Å². The summed E-state index contributed by atoms with van der Waals surface area (Å²) in [5.41, 5.74) is 7.79. The zero-order valence-electron chi connectivity index (χ0n) is 13.4. The Bertz CT molecular complexity index is 847. The summed E-state index contributed by atoms with van der Waals surface area (Å²) in [7, 11) is 3.15. The zero-order chi connectivity index (χ0) is 17.1. The van der Waals surface area contributed by atoms with Crippen LogP contribution in [0.25, 0.3) is 11.4 Å². The van der Waals surface area contributed by atoms with E-state index >= 15 is 0 Å². The van der Waals surface area contributed by atoms with Gasteiger partial charge in [0.15, 0.2) is 17.3 Å². The molecule has 0 saturated carbocycles. The van der Waals surface area contributed by atoms with Crippen LogP contribution in [0.2, 0.25) is 0 Å². The van der Waals surface area contributed by atoms with E-state index in [1.165, 1.54) is 0 Å². The predicted octanol–water partition coefficient (Wildman–Crippen LogP) is 2.24. The topological polar surface area (TPSA) is 106 Å². The third-order valence-corrected chi connectivity index (χ3v) is 3.67. The molecule has 0 aliphatic carbocycles. The average molecular weight is 326 g/mol. The Morgan fingerprint density at radius 2 is 1.88 bits per heavy atom. The maximum absolute atomic E-state index is 9.56. The first-order valence-corrected chi connectivity index (χ1v) is 7.31. The number of benzene rings is 2. The van der Waals surface area contributed by atoms with Crippen molar-refractivity contribution in [1.29, 1.82) is 0 Å². The van der Waals surface area contributed by atoms with E-state index in [-0.39, 0.29) is 5.75 Å². The largest absolute Gasteiger partial charge is 0.508 e. The summed E-state index contributed by atoms with van der Waals surface area (Å²) in [4.78, 5) is 4.42.